The molecule has 0 aliphatic carbocycles. The SMILES string of the molecule is N=C(N)c1cnc2ccccc2c1Sc1ccccc1Br. The maximum absolute atomic E-state index is 7.78. The van der Waals surface area contributed by atoms with Gasteiger partial charge in [0.1, 0.15) is 5.84 Å². The molecule has 2 aromatic carbocycles. The van der Waals surface area contributed by atoms with Crippen LogP contribution in [0.2, 0.25) is 0 Å². The fraction of sp³-hybridized carbons (Fsp3) is 0. The highest BCUT2D eigenvalue weighted by atomic mass is 79.9. The number of pyridine rings is 1. The molecule has 0 fully saturated rings. The number of nitrogen functional groups attached to an aromatic ring is 1. The van der Waals surface area contributed by atoms with Crippen molar-refractivity contribution in [3.8, 4) is 0 Å². The molecule has 3 aromatic rings. The van der Waals surface area contributed by atoms with Crippen molar-refractivity contribution >= 4 is 44.4 Å². The highest BCUT2D eigenvalue weighted by Crippen LogP contribution is 2.38. The summed E-state index contributed by atoms with van der Waals surface area (Å²) in [4.78, 5) is 6.42. The average molecular weight is 358 g/mol. The van der Waals surface area contributed by atoms with Gasteiger partial charge >= 0.3 is 0 Å². The molecule has 3 nitrogen and oxygen atoms in total. The van der Waals surface area contributed by atoms with Gasteiger partial charge in [0.05, 0.1) is 5.52 Å². The van der Waals surface area contributed by atoms with E-state index in [2.05, 4.69) is 20.9 Å². The Kier molecular flexibility index (Phi) is 3.94. The Hall–Kier alpha value is -1.85. The summed E-state index contributed by atoms with van der Waals surface area (Å²) in [6, 6.07) is 15.9. The topological polar surface area (TPSA) is 62.8 Å². The van der Waals surface area contributed by atoms with Gasteiger partial charge in [-0.25, -0.2) is 0 Å². The molecular weight excluding hydrogens is 346 g/mol. The fourth-order valence-corrected chi connectivity index (χ4v) is 3.67. The van der Waals surface area contributed by atoms with E-state index in [4.69, 9.17) is 11.1 Å². The van der Waals surface area contributed by atoms with E-state index in [1.807, 2.05) is 48.5 Å². The third kappa shape index (κ3) is 2.80. The van der Waals surface area contributed by atoms with E-state index < -0.39 is 0 Å². The van der Waals surface area contributed by atoms with Crippen molar-refractivity contribution in [2.45, 2.75) is 9.79 Å². The Labute approximate surface area is 135 Å². The van der Waals surface area contributed by atoms with E-state index in [1.165, 1.54) is 0 Å². The molecule has 0 aliphatic heterocycles. The van der Waals surface area contributed by atoms with Crippen LogP contribution in [0.4, 0.5) is 0 Å². The number of nitrogens with two attached hydrogens (primary N) is 1. The Bertz CT molecular complexity index is 833. The molecule has 5 heteroatoms. The first-order valence-electron chi connectivity index (χ1n) is 6.31. The number of rotatable bonds is 3. The summed E-state index contributed by atoms with van der Waals surface area (Å²) < 4.78 is 1.02. The zero-order valence-corrected chi connectivity index (χ0v) is 13.4. The maximum Gasteiger partial charge on any atom is 0.125 e. The van der Waals surface area contributed by atoms with E-state index >= 15 is 0 Å². The van der Waals surface area contributed by atoms with Gasteiger partial charge in [0.25, 0.3) is 0 Å². The summed E-state index contributed by atoms with van der Waals surface area (Å²) in [6.45, 7) is 0. The molecule has 104 valence electrons. The molecule has 0 bridgehead atoms. The number of hydrogen-bond acceptors (Lipinski definition) is 3. The van der Waals surface area contributed by atoms with Gasteiger partial charge in [-0.1, -0.05) is 42.1 Å². The van der Waals surface area contributed by atoms with Crippen LogP contribution >= 0.6 is 27.7 Å². The first kappa shape index (κ1) is 14.1. The van der Waals surface area contributed by atoms with Gasteiger partial charge in [0.15, 0.2) is 0 Å². The van der Waals surface area contributed by atoms with E-state index in [0.717, 1.165) is 25.2 Å². The first-order valence-corrected chi connectivity index (χ1v) is 7.92. The molecule has 0 saturated carbocycles. The molecule has 0 radical (unpaired) electrons. The maximum atomic E-state index is 7.78. The largest absolute Gasteiger partial charge is 0.384 e. The highest BCUT2D eigenvalue weighted by molar-refractivity contribution is 9.10. The van der Waals surface area contributed by atoms with Crippen LogP contribution < -0.4 is 5.73 Å². The molecule has 0 spiro atoms. The summed E-state index contributed by atoms with van der Waals surface area (Å²) in [5, 5.41) is 8.79. The monoisotopic (exact) mass is 357 g/mol. The third-order valence-corrected chi connectivity index (χ3v) is 5.24. The van der Waals surface area contributed by atoms with Crippen molar-refractivity contribution in [3.05, 3.63) is 64.8 Å². The molecule has 0 atom stereocenters. The minimum absolute atomic E-state index is 0.0304. The van der Waals surface area contributed by atoms with Gasteiger partial charge in [-0.3, -0.25) is 10.4 Å². The van der Waals surface area contributed by atoms with Crippen LogP contribution in [0.3, 0.4) is 0 Å². The molecule has 0 amide bonds. The van der Waals surface area contributed by atoms with Crippen LogP contribution in [0, 0.1) is 5.41 Å². The molecule has 0 aliphatic rings. The first-order chi connectivity index (χ1) is 10.2. The quantitative estimate of drug-likeness (QED) is 0.538. The number of nitrogens with one attached hydrogen (secondary N) is 1. The standard InChI is InChI=1S/C16H12BrN3S/c17-12-6-2-4-8-14(12)21-15-10-5-1-3-7-13(10)20-9-11(15)16(18)19/h1-9H,(H3,18,19). The summed E-state index contributed by atoms with van der Waals surface area (Å²) >= 11 is 5.15. The fourth-order valence-electron chi connectivity index (χ4n) is 2.06. The second kappa shape index (κ2) is 5.87. The van der Waals surface area contributed by atoms with Gasteiger partial charge in [0, 0.05) is 31.4 Å². The molecule has 0 saturated heterocycles. The highest BCUT2D eigenvalue weighted by Gasteiger charge is 2.13. The van der Waals surface area contributed by atoms with Crippen molar-refractivity contribution in [3.63, 3.8) is 0 Å². The predicted octanol–water partition coefficient (Wildman–Crippen LogP) is 4.43. The number of hydrogen-bond donors (Lipinski definition) is 2. The molecule has 21 heavy (non-hydrogen) atoms. The molecule has 3 N–H and O–H groups in total. The zero-order valence-electron chi connectivity index (χ0n) is 11.0. The molecular formula is C16H12BrN3S. The number of amidine groups is 1. The van der Waals surface area contributed by atoms with Crippen LogP contribution in [0.15, 0.2) is 69.0 Å². The molecule has 1 aromatic heterocycles. The van der Waals surface area contributed by atoms with Gasteiger partial charge in [-0.05, 0) is 34.1 Å². The molecule has 3 rings (SSSR count). The number of fused-ring (bicyclic) bond motifs is 1. The van der Waals surface area contributed by atoms with Crippen molar-refractivity contribution in [2.75, 3.05) is 0 Å². The summed E-state index contributed by atoms with van der Waals surface area (Å²) in [7, 11) is 0. The summed E-state index contributed by atoms with van der Waals surface area (Å²) in [6.07, 6.45) is 1.67. The van der Waals surface area contributed by atoms with Crippen LogP contribution in [0.25, 0.3) is 10.9 Å². The van der Waals surface area contributed by atoms with Gasteiger partial charge < -0.3 is 5.73 Å². The minimum atomic E-state index is 0.0304. The van der Waals surface area contributed by atoms with Crippen molar-refractivity contribution in [2.24, 2.45) is 5.73 Å². The number of benzene rings is 2. The van der Waals surface area contributed by atoms with Crippen molar-refractivity contribution in [1.29, 1.82) is 5.41 Å². The Morgan fingerprint density at radius 2 is 1.81 bits per heavy atom. The van der Waals surface area contributed by atoms with Crippen molar-refractivity contribution < 1.29 is 0 Å². The van der Waals surface area contributed by atoms with Gasteiger partial charge in [-0.2, -0.15) is 0 Å². The van der Waals surface area contributed by atoms with E-state index in [9.17, 15) is 0 Å². The normalized spacial score (nSPS) is 10.7. The van der Waals surface area contributed by atoms with Crippen LogP contribution in [0.5, 0.6) is 0 Å². The predicted molar refractivity (Wildman–Crippen MR) is 91.0 cm³/mol. The Morgan fingerprint density at radius 1 is 1.10 bits per heavy atom. The lowest BCUT2D eigenvalue weighted by molar-refractivity contribution is 1.28. The van der Waals surface area contributed by atoms with Crippen LogP contribution in [-0.2, 0) is 0 Å². The van der Waals surface area contributed by atoms with Crippen molar-refractivity contribution in [1.82, 2.24) is 4.98 Å². The van der Waals surface area contributed by atoms with E-state index in [0.29, 0.717) is 5.56 Å². The average Bonchev–Trinajstić information content (AvgIpc) is 2.49. The van der Waals surface area contributed by atoms with Gasteiger partial charge in [-0.15, -0.1) is 0 Å². The molecule has 0 unspecified atom stereocenters. The number of aromatic nitrogens is 1. The smallest absolute Gasteiger partial charge is 0.125 e. The lowest BCUT2D eigenvalue weighted by Crippen LogP contribution is -2.13. The number of nitrogens with zero attached hydrogens (tertiary/aromatic N) is 1. The molecule has 1 heterocycles. The second-order valence-corrected chi connectivity index (χ2v) is 6.37. The third-order valence-electron chi connectivity index (χ3n) is 3.06. The number of halogens is 1. The number of para-hydroxylation sites is 1. The summed E-state index contributed by atoms with van der Waals surface area (Å²) in [5.74, 6) is 0.0304. The lowest BCUT2D eigenvalue weighted by Gasteiger charge is -2.12. The minimum Gasteiger partial charge on any atom is -0.384 e. The Morgan fingerprint density at radius 3 is 2.57 bits per heavy atom. The van der Waals surface area contributed by atoms with Crippen LogP contribution in [0.1, 0.15) is 5.56 Å². The van der Waals surface area contributed by atoms with E-state index in [1.54, 1.807) is 18.0 Å². The lowest BCUT2D eigenvalue weighted by atomic mass is 10.1. The van der Waals surface area contributed by atoms with E-state index in [-0.39, 0.29) is 5.84 Å². The summed E-state index contributed by atoms with van der Waals surface area (Å²) in [5.41, 5.74) is 7.28. The second-order valence-electron chi connectivity index (χ2n) is 4.46. The Balaban J connectivity index is 2.21. The zero-order chi connectivity index (χ0) is 14.8. The van der Waals surface area contributed by atoms with Gasteiger partial charge in [0.2, 0.25) is 0 Å². The van der Waals surface area contributed by atoms with Crippen LogP contribution in [-0.4, -0.2) is 10.8 Å².